The Morgan fingerprint density at radius 3 is 1.74 bits per heavy atom. The van der Waals surface area contributed by atoms with Gasteiger partial charge < -0.3 is 4.57 Å². The minimum atomic E-state index is -0.164. The van der Waals surface area contributed by atoms with Crippen LogP contribution in [-0.4, -0.2) is 38.7 Å². The Kier molecular flexibility index (Phi) is 9.44. The Morgan fingerprint density at radius 1 is 0.617 bits per heavy atom. The van der Waals surface area contributed by atoms with Gasteiger partial charge in [-0.1, -0.05) is 36.1 Å². The molecule has 0 unspecified atom stereocenters. The maximum absolute atomic E-state index is 11.8. The van der Waals surface area contributed by atoms with Crippen LogP contribution in [0.2, 0.25) is 0 Å². The summed E-state index contributed by atoms with van der Waals surface area (Å²) in [6.45, 7) is 9.78. The highest BCUT2D eigenvalue weighted by Crippen LogP contribution is 2.16. The van der Waals surface area contributed by atoms with Crippen molar-refractivity contribution in [1.29, 1.82) is 0 Å². The van der Waals surface area contributed by atoms with E-state index < -0.39 is 0 Å². The fourth-order valence-electron chi connectivity index (χ4n) is 4.82. The molecule has 6 rings (SSSR count). The summed E-state index contributed by atoms with van der Waals surface area (Å²) in [6.07, 6.45) is 5.10. The van der Waals surface area contributed by atoms with E-state index in [1.54, 1.807) is 32.6 Å². The van der Waals surface area contributed by atoms with E-state index in [0.717, 1.165) is 28.5 Å². The monoisotopic (exact) mass is 622 g/mol. The van der Waals surface area contributed by atoms with Crippen LogP contribution in [0.5, 0.6) is 0 Å². The first-order valence-electron chi connectivity index (χ1n) is 14.9. The fraction of sp³-hybridized carbons (Fsp3) is 0.189. The molecule has 0 saturated carbocycles. The van der Waals surface area contributed by atoms with Gasteiger partial charge in [0.15, 0.2) is 0 Å². The van der Waals surface area contributed by atoms with Gasteiger partial charge in [-0.05, 0) is 81.9 Å². The first-order valence-corrected chi connectivity index (χ1v) is 14.9. The Morgan fingerprint density at radius 2 is 1.17 bits per heavy atom. The number of imidazole rings is 2. The zero-order valence-electron chi connectivity index (χ0n) is 27.4. The van der Waals surface area contributed by atoms with Crippen molar-refractivity contribution in [2.45, 2.75) is 34.6 Å². The molecule has 0 aliphatic rings. The molecule has 47 heavy (non-hydrogen) atoms. The SMILES string of the molecule is Cc1cccc(C#Cc2cn(-c3cnn(C)c(=O)c3)c(C)n2)c1.Cc1cccc(C#Cc2nc(C)n(-c3cnn(C)c(=O)c3)c2C)c1. The first kappa shape index (κ1) is 32.1. The van der Waals surface area contributed by atoms with E-state index in [1.165, 1.54) is 26.6 Å². The van der Waals surface area contributed by atoms with Gasteiger partial charge in [-0.2, -0.15) is 10.2 Å². The highest BCUT2D eigenvalue weighted by Gasteiger charge is 2.12. The smallest absolute Gasteiger partial charge is 0.268 e. The maximum Gasteiger partial charge on any atom is 0.268 e. The van der Waals surface area contributed by atoms with E-state index in [4.69, 9.17) is 0 Å². The van der Waals surface area contributed by atoms with Gasteiger partial charge in [-0.25, -0.2) is 19.3 Å². The third-order valence-corrected chi connectivity index (χ3v) is 7.30. The second-order valence-electron chi connectivity index (χ2n) is 11.1. The topological polar surface area (TPSA) is 105 Å². The van der Waals surface area contributed by atoms with Gasteiger partial charge in [-0.15, -0.1) is 0 Å². The van der Waals surface area contributed by atoms with Crippen LogP contribution in [0.15, 0.2) is 88.8 Å². The summed E-state index contributed by atoms with van der Waals surface area (Å²) in [7, 11) is 3.24. The van der Waals surface area contributed by atoms with Crippen molar-refractivity contribution in [2.75, 3.05) is 0 Å². The molecule has 10 nitrogen and oxygen atoms in total. The highest BCUT2D eigenvalue weighted by atomic mass is 16.1. The van der Waals surface area contributed by atoms with Crippen LogP contribution < -0.4 is 11.1 Å². The third kappa shape index (κ3) is 7.70. The van der Waals surface area contributed by atoms with Gasteiger partial charge in [-0.3, -0.25) is 14.2 Å². The minimum absolute atomic E-state index is 0.160. The molecule has 0 radical (unpaired) electrons. The van der Waals surface area contributed by atoms with Gasteiger partial charge >= 0.3 is 0 Å². The highest BCUT2D eigenvalue weighted by molar-refractivity contribution is 5.46. The molecule has 0 fully saturated rings. The van der Waals surface area contributed by atoms with Crippen LogP contribution in [0.4, 0.5) is 0 Å². The van der Waals surface area contributed by atoms with Crippen LogP contribution in [0.3, 0.4) is 0 Å². The van der Waals surface area contributed by atoms with E-state index in [9.17, 15) is 9.59 Å². The molecule has 0 bridgehead atoms. The lowest BCUT2D eigenvalue weighted by Gasteiger charge is -2.07. The zero-order valence-corrected chi connectivity index (χ0v) is 27.4. The van der Waals surface area contributed by atoms with Gasteiger partial charge in [0.1, 0.15) is 23.0 Å². The molecular weight excluding hydrogens is 588 g/mol. The van der Waals surface area contributed by atoms with Crippen molar-refractivity contribution in [3.8, 4) is 35.1 Å². The van der Waals surface area contributed by atoms with Crippen molar-refractivity contribution < 1.29 is 0 Å². The molecule has 4 aromatic heterocycles. The molecule has 2 aromatic carbocycles. The molecule has 0 amide bonds. The van der Waals surface area contributed by atoms with E-state index >= 15 is 0 Å². The maximum atomic E-state index is 11.8. The number of hydrogen-bond acceptors (Lipinski definition) is 6. The number of aromatic nitrogens is 8. The summed E-state index contributed by atoms with van der Waals surface area (Å²) in [5, 5.41) is 8.10. The predicted octanol–water partition coefficient (Wildman–Crippen LogP) is 4.27. The lowest BCUT2D eigenvalue weighted by molar-refractivity contribution is 0.700. The molecule has 0 aliphatic carbocycles. The van der Waals surface area contributed by atoms with Crippen molar-refractivity contribution in [3.63, 3.8) is 0 Å². The standard InChI is InChI=1S/C19H18N4O.C18H16N4O/c1-13-6-5-7-16(10-13)8-9-18-14(2)23(15(3)21-18)17-11-19(24)22(4)20-12-17;1-13-5-4-6-15(9-13)7-8-16-12-22(14(2)20-16)17-10-18(23)21(3)19-11-17/h5-7,10-12H,1-4H3;4-6,9-12H,1-3H3. The van der Waals surface area contributed by atoms with Crippen molar-refractivity contribution >= 4 is 0 Å². The molecule has 0 aliphatic heterocycles. The second-order valence-corrected chi connectivity index (χ2v) is 11.1. The minimum Gasteiger partial charge on any atom is -0.301 e. The zero-order chi connectivity index (χ0) is 33.7. The summed E-state index contributed by atoms with van der Waals surface area (Å²) in [4.78, 5) is 32.5. The van der Waals surface area contributed by atoms with E-state index in [0.29, 0.717) is 22.8 Å². The number of aryl methyl sites for hydroxylation is 6. The molecule has 0 spiro atoms. The largest absolute Gasteiger partial charge is 0.301 e. The molecule has 0 atom stereocenters. The number of nitrogens with zero attached hydrogens (tertiary/aromatic N) is 8. The van der Waals surface area contributed by atoms with Crippen LogP contribution in [0, 0.1) is 58.3 Å². The molecule has 4 heterocycles. The van der Waals surface area contributed by atoms with E-state index in [2.05, 4.69) is 43.8 Å². The fourth-order valence-corrected chi connectivity index (χ4v) is 4.82. The number of rotatable bonds is 2. The Hall–Kier alpha value is -6.26. The van der Waals surface area contributed by atoms with Crippen LogP contribution in [-0.2, 0) is 14.1 Å². The summed E-state index contributed by atoms with van der Waals surface area (Å²) in [5.41, 5.74) is 7.56. The summed E-state index contributed by atoms with van der Waals surface area (Å²) >= 11 is 0. The normalized spacial score (nSPS) is 10.3. The number of hydrogen-bond donors (Lipinski definition) is 0. The predicted molar refractivity (Wildman–Crippen MR) is 182 cm³/mol. The quantitative estimate of drug-likeness (QED) is 0.267. The third-order valence-electron chi connectivity index (χ3n) is 7.30. The van der Waals surface area contributed by atoms with E-state index in [-0.39, 0.29) is 11.1 Å². The Labute approximate surface area is 273 Å². The first-order chi connectivity index (χ1) is 22.5. The average molecular weight is 623 g/mol. The molecule has 10 heteroatoms. The average Bonchev–Trinajstić information content (AvgIpc) is 3.55. The van der Waals surface area contributed by atoms with E-state index in [1.807, 2.05) is 98.5 Å². The van der Waals surface area contributed by atoms with Gasteiger partial charge in [0.25, 0.3) is 11.1 Å². The lowest BCUT2D eigenvalue weighted by Crippen LogP contribution is -2.19. The van der Waals surface area contributed by atoms with Crippen molar-refractivity contribution in [3.05, 3.63) is 151 Å². The molecular formula is C37H34N8O2. The Bertz CT molecular complexity index is 2350. The van der Waals surface area contributed by atoms with Gasteiger partial charge in [0.2, 0.25) is 0 Å². The summed E-state index contributed by atoms with van der Waals surface area (Å²) in [6, 6.07) is 19.1. The number of benzene rings is 2. The summed E-state index contributed by atoms with van der Waals surface area (Å²) < 4.78 is 6.29. The molecule has 0 N–H and O–H groups in total. The van der Waals surface area contributed by atoms with Gasteiger partial charge in [0, 0.05) is 43.6 Å². The molecule has 6 aromatic rings. The molecule has 234 valence electrons. The summed E-state index contributed by atoms with van der Waals surface area (Å²) in [5.74, 6) is 14.0. The Balaban J connectivity index is 0.000000185. The molecule has 0 saturated heterocycles. The lowest BCUT2D eigenvalue weighted by atomic mass is 10.1. The van der Waals surface area contributed by atoms with Crippen molar-refractivity contribution in [1.82, 2.24) is 38.7 Å². The van der Waals surface area contributed by atoms with Crippen molar-refractivity contribution in [2.24, 2.45) is 14.1 Å². The van der Waals surface area contributed by atoms with Gasteiger partial charge in [0.05, 0.1) is 29.5 Å². The van der Waals surface area contributed by atoms with Crippen LogP contribution in [0.1, 0.15) is 51.0 Å². The van der Waals surface area contributed by atoms with Crippen LogP contribution in [0.25, 0.3) is 11.4 Å². The second kappa shape index (κ2) is 13.8. The van der Waals surface area contributed by atoms with Crippen LogP contribution >= 0.6 is 0 Å².